The van der Waals surface area contributed by atoms with Crippen molar-refractivity contribution < 1.29 is 9.47 Å². The minimum atomic E-state index is -0.276. The van der Waals surface area contributed by atoms with E-state index < -0.39 is 0 Å². The third-order valence-electron chi connectivity index (χ3n) is 3.39. The van der Waals surface area contributed by atoms with Gasteiger partial charge in [0.05, 0.1) is 12.7 Å². The fraction of sp³-hybridized carbons (Fsp3) is 1.00. The molecule has 3 atom stereocenters. The van der Waals surface area contributed by atoms with Crippen LogP contribution < -0.4 is 0 Å². The third-order valence-corrected chi connectivity index (χ3v) is 4.11. The third kappa shape index (κ3) is 1.74. The molecule has 1 saturated heterocycles. The molecule has 0 bridgehead atoms. The first-order chi connectivity index (χ1) is 6.47. The highest BCUT2D eigenvalue weighted by Crippen LogP contribution is 2.52. The lowest BCUT2D eigenvalue weighted by molar-refractivity contribution is -0.188. The number of hydrogen-bond donors (Lipinski definition) is 0. The summed E-state index contributed by atoms with van der Waals surface area (Å²) >= 11 is 3.45. The Morgan fingerprint density at radius 3 is 2.57 bits per heavy atom. The lowest BCUT2D eigenvalue weighted by Gasteiger charge is -2.28. The summed E-state index contributed by atoms with van der Waals surface area (Å²) in [5, 5.41) is 0.877. The molecule has 0 radical (unpaired) electrons. The van der Waals surface area contributed by atoms with Crippen LogP contribution in [0.5, 0.6) is 0 Å². The molecule has 1 aliphatic heterocycles. The highest BCUT2D eigenvalue weighted by Gasteiger charge is 2.54. The SMILES string of the molecule is CC1CC(C)(C)CC12OCC(CBr)O2. The van der Waals surface area contributed by atoms with Crippen LogP contribution in [-0.4, -0.2) is 23.8 Å². The number of rotatable bonds is 1. The number of alkyl halides is 1. The van der Waals surface area contributed by atoms with E-state index in [2.05, 4.69) is 36.7 Å². The average Bonchev–Trinajstić information content (AvgIpc) is 2.56. The molecule has 14 heavy (non-hydrogen) atoms. The zero-order chi connectivity index (χ0) is 10.4. The first-order valence-corrected chi connectivity index (χ1v) is 6.47. The van der Waals surface area contributed by atoms with Crippen molar-refractivity contribution in [3.63, 3.8) is 0 Å². The lowest BCUT2D eigenvalue weighted by Crippen LogP contribution is -2.34. The fourth-order valence-corrected chi connectivity index (χ4v) is 3.23. The Hall–Kier alpha value is 0.400. The van der Waals surface area contributed by atoms with Crippen LogP contribution in [0.1, 0.15) is 33.6 Å². The lowest BCUT2D eigenvalue weighted by atomic mass is 9.91. The van der Waals surface area contributed by atoms with E-state index in [9.17, 15) is 0 Å². The quantitative estimate of drug-likeness (QED) is 0.677. The molecule has 3 unspecified atom stereocenters. The molecular weight excluding hydrogens is 244 g/mol. The Morgan fingerprint density at radius 2 is 2.14 bits per heavy atom. The van der Waals surface area contributed by atoms with E-state index in [-0.39, 0.29) is 11.9 Å². The zero-order valence-electron chi connectivity index (χ0n) is 9.18. The molecule has 0 aromatic carbocycles. The maximum absolute atomic E-state index is 6.04. The molecule has 0 aromatic rings. The van der Waals surface area contributed by atoms with Crippen LogP contribution in [0, 0.1) is 11.3 Å². The predicted molar refractivity (Wildman–Crippen MR) is 59.5 cm³/mol. The van der Waals surface area contributed by atoms with Gasteiger partial charge in [-0.25, -0.2) is 0 Å². The monoisotopic (exact) mass is 262 g/mol. The molecule has 1 aliphatic carbocycles. The molecule has 0 amide bonds. The van der Waals surface area contributed by atoms with E-state index >= 15 is 0 Å². The van der Waals surface area contributed by atoms with Gasteiger partial charge < -0.3 is 9.47 Å². The summed E-state index contributed by atoms with van der Waals surface area (Å²) < 4.78 is 11.9. The smallest absolute Gasteiger partial charge is 0.171 e. The Balaban J connectivity index is 2.11. The molecule has 1 heterocycles. The zero-order valence-corrected chi connectivity index (χ0v) is 10.8. The average molecular weight is 263 g/mol. The van der Waals surface area contributed by atoms with Crippen LogP contribution in [0.2, 0.25) is 0 Å². The molecule has 1 spiro atoms. The highest BCUT2D eigenvalue weighted by atomic mass is 79.9. The van der Waals surface area contributed by atoms with Crippen LogP contribution in [0.25, 0.3) is 0 Å². The van der Waals surface area contributed by atoms with Crippen molar-refractivity contribution in [2.75, 3.05) is 11.9 Å². The van der Waals surface area contributed by atoms with Gasteiger partial charge in [0.2, 0.25) is 0 Å². The van der Waals surface area contributed by atoms with Gasteiger partial charge in [-0.2, -0.15) is 0 Å². The number of hydrogen-bond acceptors (Lipinski definition) is 2. The van der Waals surface area contributed by atoms with E-state index in [4.69, 9.17) is 9.47 Å². The second-order valence-corrected chi connectivity index (χ2v) is 6.11. The Morgan fingerprint density at radius 1 is 1.43 bits per heavy atom. The largest absolute Gasteiger partial charge is 0.347 e. The van der Waals surface area contributed by atoms with Crippen LogP contribution in [0.3, 0.4) is 0 Å². The molecule has 1 saturated carbocycles. The molecule has 3 heteroatoms. The molecular formula is C11H19BrO2. The summed E-state index contributed by atoms with van der Waals surface area (Å²) in [5.41, 5.74) is 0.362. The molecule has 2 nitrogen and oxygen atoms in total. The Bertz CT molecular complexity index is 229. The van der Waals surface area contributed by atoms with Gasteiger partial charge in [0, 0.05) is 17.7 Å². The second-order valence-electron chi connectivity index (χ2n) is 5.46. The summed E-state index contributed by atoms with van der Waals surface area (Å²) in [5.74, 6) is 0.239. The molecule has 2 aliphatic rings. The van der Waals surface area contributed by atoms with Crippen LogP contribution in [0.15, 0.2) is 0 Å². The van der Waals surface area contributed by atoms with E-state index in [1.165, 1.54) is 6.42 Å². The second kappa shape index (κ2) is 3.46. The molecule has 2 rings (SSSR count). The Kier molecular flexibility index (Phi) is 2.70. The van der Waals surface area contributed by atoms with Gasteiger partial charge in [0.15, 0.2) is 5.79 Å². The Labute approximate surface area is 94.5 Å². The van der Waals surface area contributed by atoms with Gasteiger partial charge in [-0.15, -0.1) is 0 Å². The van der Waals surface area contributed by atoms with E-state index in [1.54, 1.807) is 0 Å². The predicted octanol–water partition coefficient (Wildman–Crippen LogP) is 2.95. The van der Waals surface area contributed by atoms with Crippen molar-refractivity contribution in [2.45, 2.75) is 45.5 Å². The summed E-state index contributed by atoms with van der Waals surface area (Å²) in [7, 11) is 0. The van der Waals surface area contributed by atoms with Gasteiger partial charge >= 0.3 is 0 Å². The van der Waals surface area contributed by atoms with Crippen molar-refractivity contribution >= 4 is 15.9 Å². The number of ether oxygens (including phenoxy) is 2. The highest BCUT2D eigenvalue weighted by molar-refractivity contribution is 9.09. The summed E-state index contributed by atoms with van der Waals surface area (Å²) in [6.45, 7) is 7.58. The topological polar surface area (TPSA) is 18.5 Å². The van der Waals surface area contributed by atoms with Crippen LogP contribution >= 0.6 is 15.9 Å². The maximum atomic E-state index is 6.04. The minimum absolute atomic E-state index is 0.242. The van der Waals surface area contributed by atoms with Gasteiger partial charge in [0.1, 0.15) is 0 Å². The van der Waals surface area contributed by atoms with Gasteiger partial charge in [-0.05, 0) is 11.8 Å². The van der Waals surface area contributed by atoms with Crippen LogP contribution in [0.4, 0.5) is 0 Å². The summed E-state index contributed by atoms with van der Waals surface area (Å²) in [4.78, 5) is 0. The van der Waals surface area contributed by atoms with E-state index in [0.29, 0.717) is 11.3 Å². The standard InChI is InChI=1S/C11H19BrO2/c1-8-4-10(2,3)7-11(8)13-6-9(5-12)14-11/h8-9H,4-7H2,1-3H3. The van der Waals surface area contributed by atoms with E-state index in [1.807, 2.05) is 0 Å². The summed E-state index contributed by atoms with van der Waals surface area (Å²) in [6, 6.07) is 0. The summed E-state index contributed by atoms with van der Waals surface area (Å²) in [6.07, 6.45) is 2.47. The van der Waals surface area contributed by atoms with Crippen molar-refractivity contribution in [1.82, 2.24) is 0 Å². The fourth-order valence-electron chi connectivity index (χ4n) is 2.91. The van der Waals surface area contributed by atoms with Crippen molar-refractivity contribution in [2.24, 2.45) is 11.3 Å². The van der Waals surface area contributed by atoms with Crippen LogP contribution in [-0.2, 0) is 9.47 Å². The molecule has 0 aromatic heterocycles. The number of halogens is 1. The van der Waals surface area contributed by atoms with Crippen molar-refractivity contribution in [3.05, 3.63) is 0 Å². The first kappa shape index (κ1) is 10.9. The minimum Gasteiger partial charge on any atom is -0.347 e. The maximum Gasteiger partial charge on any atom is 0.171 e. The molecule has 2 fully saturated rings. The van der Waals surface area contributed by atoms with Gasteiger partial charge in [-0.1, -0.05) is 36.7 Å². The van der Waals surface area contributed by atoms with Gasteiger partial charge in [-0.3, -0.25) is 0 Å². The first-order valence-electron chi connectivity index (χ1n) is 5.35. The molecule has 82 valence electrons. The van der Waals surface area contributed by atoms with Gasteiger partial charge in [0.25, 0.3) is 0 Å². The van der Waals surface area contributed by atoms with E-state index in [0.717, 1.165) is 18.4 Å². The normalized spacial score (nSPS) is 46.3. The van der Waals surface area contributed by atoms with Crippen molar-refractivity contribution in [3.8, 4) is 0 Å². The molecule has 0 N–H and O–H groups in total. The van der Waals surface area contributed by atoms with Crippen molar-refractivity contribution in [1.29, 1.82) is 0 Å².